The van der Waals surface area contributed by atoms with Crippen molar-refractivity contribution < 1.29 is 9.47 Å². The molecule has 3 nitrogen and oxygen atoms in total. The molecule has 0 saturated carbocycles. The van der Waals surface area contributed by atoms with Crippen molar-refractivity contribution >= 4 is 0 Å². The summed E-state index contributed by atoms with van der Waals surface area (Å²) < 4.78 is 10.6. The summed E-state index contributed by atoms with van der Waals surface area (Å²) in [5.41, 5.74) is 0. The van der Waals surface area contributed by atoms with Gasteiger partial charge in [0, 0.05) is 12.6 Å². The van der Waals surface area contributed by atoms with Crippen LogP contribution < -0.4 is 5.32 Å². The van der Waals surface area contributed by atoms with E-state index in [0.717, 1.165) is 26.4 Å². The van der Waals surface area contributed by atoms with Crippen LogP contribution in [0.25, 0.3) is 0 Å². The average Bonchev–Trinajstić information content (AvgIpc) is 2.71. The smallest absolute Gasteiger partial charge is 0.0974 e. The molecule has 0 aromatic rings. The van der Waals surface area contributed by atoms with Gasteiger partial charge in [0.15, 0.2) is 0 Å². The molecule has 2 unspecified atom stereocenters. The Morgan fingerprint density at radius 2 is 2.22 bits per heavy atom. The Morgan fingerprint density at radius 1 is 1.33 bits per heavy atom. The molecule has 2 aliphatic heterocycles. The normalized spacial score (nSPS) is 42.7. The number of nitrogens with one attached hydrogen (secondary N) is 1. The second-order valence-corrected chi connectivity index (χ2v) is 2.50. The molecule has 2 atom stereocenters. The van der Waals surface area contributed by atoms with Crippen LogP contribution in [0.5, 0.6) is 0 Å². The van der Waals surface area contributed by atoms with Crippen LogP contribution in [0.3, 0.4) is 0 Å². The Hall–Kier alpha value is -0.120. The molecule has 0 bridgehead atoms. The lowest BCUT2D eigenvalue weighted by Crippen LogP contribution is -2.33. The number of ether oxygens (including phenoxy) is 2. The minimum Gasteiger partial charge on any atom is -0.376 e. The summed E-state index contributed by atoms with van der Waals surface area (Å²) in [5, 5.41) is 3.20. The fourth-order valence-electron chi connectivity index (χ4n) is 1.07. The molecular weight excluding hydrogens is 118 g/mol. The summed E-state index contributed by atoms with van der Waals surface area (Å²) in [4.78, 5) is 0. The van der Waals surface area contributed by atoms with Crippen LogP contribution in [-0.2, 0) is 9.47 Å². The molecule has 0 aromatic carbocycles. The van der Waals surface area contributed by atoms with Gasteiger partial charge in [-0.15, -0.1) is 0 Å². The van der Waals surface area contributed by atoms with Gasteiger partial charge in [-0.1, -0.05) is 0 Å². The highest BCUT2D eigenvalue weighted by atomic mass is 16.6. The Bertz CT molecular complexity index is 97.2. The first-order chi connectivity index (χ1) is 4.47. The van der Waals surface area contributed by atoms with Crippen molar-refractivity contribution in [2.75, 3.05) is 26.4 Å². The van der Waals surface area contributed by atoms with Crippen molar-refractivity contribution in [2.45, 2.75) is 12.1 Å². The van der Waals surface area contributed by atoms with Gasteiger partial charge in [0.05, 0.1) is 25.9 Å². The maximum absolute atomic E-state index is 5.41. The molecule has 2 heterocycles. The molecule has 3 heteroatoms. The van der Waals surface area contributed by atoms with E-state index in [9.17, 15) is 0 Å². The van der Waals surface area contributed by atoms with E-state index in [0.29, 0.717) is 12.1 Å². The van der Waals surface area contributed by atoms with Gasteiger partial charge < -0.3 is 14.8 Å². The standard InChI is InChI=1S/C6H11NO2/c1-2-9-6(4-8-1)5-3-7-5/h5-7H,1-4H2. The van der Waals surface area contributed by atoms with Crippen LogP contribution >= 0.6 is 0 Å². The average molecular weight is 129 g/mol. The van der Waals surface area contributed by atoms with E-state index in [1.807, 2.05) is 0 Å². The van der Waals surface area contributed by atoms with E-state index in [4.69, 9.17) is 9.47 Å². The number of hydrogen-bond donors (Lipinski definition) is 1. The third-order valence-corrected chi connectivity index (χ3v) is 1.73. The van der Waals surface area contributed by atoms with E-state index in [2.05, 4.69) is 5.32 Å². The lowest BCUT2D eigenvalue weighted by molar-refractivity contribution is -0.0876. The summed E-state index contributed by atoms with van der Waals surface area (Å²) >= 11 is 0. The second-order valence-electron chi connectivity index (χ2n) is 2.50. The third kappa shape index (κ3) is 1.23. The zero-order valence-electron chi connectivity index (χ0n) is 5.30. The van der Waals surface area contributed by atoms with E-state index in [1.54, 1.807) is 0 Å². The van der Waals surface area contributed by atoms with Crippen LogP contribution in [0.1, 0.15) is 0 Å². The predicted octanol–water partition coefficient (Wildman–Crippen LogP) is -0.626. The lowest BCUT2D eigenvalue weighted by atomic mass is 10.3. The quantitative estimate of drug-likeness (QED) is 0.479. The first-order valence-electron chi connectivity index (χ1n) is 3.39. The fraction of sp³-hybridized carbons (Fsp3) is 1.00. The van der Waals surface area contributed by atoms with Crippen molar-refractivity contribution in [3.63, 3.8) is 0 Å². The molecule has 1 N–H and O–H groups in total. The summed E-state index contributed by atoms with van der Waals surface area (Å²) in [6.45, 7) is 3.41. The Labute approximate surface area is 54.3 Å². The number of hydrogen-bond acceptors (Lipinski definition) is 3. The second kappa shape index (κ2) is 2.25. The lowest BCUT2D eigenvalue weighted by Gasteiger charge is -2.21. The summed E-state index contributed by atoms with van der Waals surface area (Å²) in [5.74, 6) is 0. The van der Waals surface area contributed by atoms with Gasteiger partial charge in [0.1, 0.15) is 0 Å². The summed E-state index contributed by atoms with van der Waals surface area (Å²) in [6.07, 6.45) is 0.332. The summed E-state index contributed by atoms with van der Waals surface area (Å²) in [7, 11) is 0. The highest BCUT2D eigenvalue weighted by Gasteiger charge is 2.32. The molecule has 0 amide bonds. The van der Waals surface area contributed by atoms with Crippen LogP contribution in [0.4, 0.5) is 0 Å². The van der Waals surface area contributed by atoms with E-state index in [-0.39, 0.29) is 0 Å². The number of rotatable bonds is 1. The Balaban J connectivity index is 1.80. The van der Waals surface area contributed by atoms with Gasteiger partial charge in [0.2, 0.25) is 0 Å². The zero-order valence-corrected chi connectivity index (χ0v) is 5.30. The van der Waals surface area contributed by atoms with Gasteiger partial charge >= 0.3 is 0 Å². The molecule has 0 radical (unpaired) electrons. The van der Waals surface area contributed by atoms with Gasteiger partial charge in [0.25, 0.3) is 0 Å². The first kappa shape index (κ1) is 5.65. The Kier molecular flexibility index (Phi) is 1.41. The maximum Gasteiger partial charge on any atom is 0.0974 e. The van der Waals surface area contributed by atoms with Crippen molar-refractivity contribution in [1.29, 1.82) is 0 Å². The van der Waals surface area contributed by atoms with E-state index >= 15 is 0 Å². The van der Waals surface area contributed by atoms with Gasteiger partial charge in [-0.05, 0) is 0 Å². The van der Waals surface area contributed by atoms with E-state index in [1.165, 1.54) is 0 Å². The minimum atomic E-state index is 0.332. The van der Waals surface area contributed by atoms with Crippen LogP contribution in [-0.4, -0.2) is 38.5 Å². The predicted molar refractivity (Wildman–Crippen MR) is 32.3 cm³/mol. The van der Waals surface area contributed by atoms with Crippen molar-refractivity contribution in [1.82, 2.24) is 5.32 Å². The molecular formula is C6H11NO2. The molecule has 2 saturated heterocycles. The molecule has 52 valence electrons. The monoisotopic (exact) mass is 129 g/mol. The van der Waals surface area contributed by atoms with E-state index < -0.39 is 0 Å². The highest BCUT2D eigenvalue weighted by molar-refractivity contribution is 4.91. The van der Waals surface area contributed by atoms with Gasteiger partial charge in [-0.2, -0.15) is 0 Å². The van der Waals surface area contributed by atoms with Crippen LogP contribution in [0, 0.1) is 0 Å². The van der Waals surface area contributed by atoms with Crippen LogP contribution in [0.2, 0.25) is 0 Å². The molecule has 2 fully saturated rings. The molecule has 0 aromatic heterocycles. The van der Waals surface area contributed by atoms with Crippen LogP contribution in [0.15, 0.2) is 0 Å². The van der Waals surface area contributed by atoms with Crippen molar-refractivity contribution in [3.05, 3.63) is 0 Å². The van der Waals surface area contributed by atoms with Gasteiger partial charge in [-0.25, -0.2) is 0 Å². The molecule has 2 aliphatic rings. The maximum atomic E-state index is 5.41. The van der Waals surface area contributed by atoms with Crippen molar-refractivity contribution in [3.8, 4) is 0 Å². The Morgan fingerprint density at radius 3 is 2.78 bits per heavy atom. The van der Waals surface area contributed by atoms with Gasteiger partial charge in [-0.3, -0.25) is 0 Å². The molecule has 0 aliphatic carbocycles. The first-order valence-corrected chi connectivity index (χ1v) is 3.39. The topological polar surface area (TPSA) is 40.4 Å². The largest absolute Gasteiger partial charge is 0.376 e. The molecule has 0 spiro atoms. The minimum absolute atomic E-state index is 0.332. The van der Waals surface area contributed by atoms with Crippen molar-refractivity contribution in [2.24, 2.45) is 0 Å². The molecule has 2 rings (SSSR count). The zero-order chi connectivity index (χ0) is 6.10. The third-order valence-electron chi connectivity index (χ3n) is 1.73. The summed E-state index contributed by atoms with van der Waals surface area (Å²) in [6, 6.07) is 0.588. The molecule has 9 heavy (non-hydrogen) atoms. The highest BCUT2D eigenvalue weighted by Crippen LogP contribution is 2.11. The fourth-order valence-corrected chi connectivity index (χ4v) is 1.07. The SMILES string of the molecule is C1COC(C2CN2)CO1.